The molecule has 5 unspecified atom stereocenters. The molecule has 0 spiro atoms. The van der Waals surface area contributed by atoms with Crippen LogP contribution in [0.15, 0.2) is 42.5 Å². The zero-order chi connectivity index (χ0) is 20.4. The Balaban J connectivity index is 1.40. The number of ether oxygens (including phenoxy) is 6. The number of benzene rings is 2. The fraction of sp³-hybridized carbons (Fsp3) is 0.500. The molecule has 5 rings (SSSR count). The van der Waals surface area contributed by atoms with Crippen molar-refractivity contribution in [2.24, 2.45) is 0 Å². The maximum absolute atomic E-state index is 13.0. The SMILES string of the molecule is CC1(C)OC2OC(C(=O)Oc3ccc4ccccc4c3)C3OC(C)(C)OC3C2O1. The van der Waals surface area contributed by atoms with E-state index in [4.69, 9.17) is 28.4 Å². The van der Waals surface area contributed by atoms with Crippen molar-refractivity contribution in [3.05, 3.63) is 42.5 Å². The van der Waals surface area contributed by atoms with E-state index >= 15 is 0 Å². The lowest BCUT2D eigenvalue weighted by Gasteiger charge is -2.35. The molecule has 0 aromatic heterocycles. The Morgan fingerprint density at radius 3 is 2.28 bits per heavy atom. The van der Waals surface area contributed by atoms with E-state index < -0.39 is 48.2 Å². The van der Waals surface area contributed by atoms with Gasteiger partial charge in [-0.2, -0.15) is 0 Å². The Bertz CT molecular complexity index is 953. The summed E-state index contributed by atoms with van der Waals surface area (Å²) < 4.78 is 35.4. The molecule has 2 aromatic carbocycles. The van der Waals surface area contributed by atoms with Crippen molar-refractivity contribution < 1.29 is 33.2 Å². The van der Waals surface area contributed by atoms with E-state index in [-0.39, 0.29) is 0 Å². The quantitative estimate of drug-likeness (QED) is 0.566. The molecule has 0 radical (unpaired) electrons. The minimum Gasteiger partial charge on any atom is -0.425 e. The Morgan fingerprint density at radius 1 is 0.828 bits per heavy atom. The van der Waals surface area contributed by atoms with Gasteiger partial charge >= 0.3 is 5.97 Å². The molecule has 29 heavy (non-hydrogen) atoms. The maximum Gasteiger partial charge on any atom is 0.343 e. The largest absolute Gasteiger partial charge is 0.425 e. The number of fused-ring (bicyclic) bond motifs is 4. The van der Waals surface area contributed by atoms with Gasteiger partial charge in [0.25, 0.3) is 0 Å². The summed E-state index contributed by atoms with van der Waals surface area (Å²) in [6.45, 7) is 7.19. The van der Waals surface area contributed by atoms with Crippen LogP contribution >= 0.6 is 0 Å². The molecule has 3 fully saturated rings. The van der Waals surface area contributed by atoms with Crippen LogP contribution in [0.4, 0.5) is 0 Å². The van der Waals surface area contributed by atoms with Gasteiger partial charge in [0.05, 0.1) is 0 Å². The molecule has 3 aliphatic rings. The third-order valence-electron chi connectivity index (χ3n) is 5.33. The first-order valence-corrected chi connectivity index (χ1v) is 9.78. The van der Waals surface area contributed by atoms with Gasteiger partial charge in [-0.3, -0.25) is 0 Å². The minimum atomic E-state index is -0.994. The molecule has 0 saturated carbocycles. The molecule has 0 amide bonds. The summed E-state index contributed by atoms with van der Waals surface area (Å²) in [5, 5.41) is 2.05. The van der Waals surface area contributed by atoms with Crippen LogP contribution in [0.5, 0.6) is 5.75 Å². The smallest absolute Gasteiger partial charge is 0.343 e. The number of hydrogen-bond acceptors (Lipinski definition) is 7. The standard InChI is InChI=1S/C22H24O7/c1-21(2)26-15-16(27-21)18-20(29-22(3,4)28-18)25-17(15)19(23)24-14-10-9-12-7-5-6-8-13(12)11-14/h5-11,15-18,20H,1-4H3. The Labute approximate surface area is 168 Å². The Kier molecular flexibility index (Phi) is 4.24. The highest BCUT2D eigenvalue weighted by atomic mass is 16.9. The van der Waals surface area contributed by atoms with Crippen LogP contribution in [0, 0.1) is 0 Å². The van der Waals surface area contributed by atoms with Crippen molar-refractivity contribution in [1.29, 1.82) is 0 Å². The van der Waals surface area contributed by atoms with Crippen LogP contribution in [0.25, 0.3) is 10.8 Å². The van der Waals surface area contributed by atoms with Crippen LogP contribution in [0.3, 0.4) is 0 Å². The van der Waals surface area contributed by atoms with Crippen molar-refractivity contribution in [3.8, 4) is 5.75 Å². The van der Waals surface area contributed by atoms with Gasteiger partial charge in [0.15, 0.2) is 24.0 Å². The third-order valence-corrected chi connectivity index (χ3v) is 5.33. The summed E-state index contributed by atoms with van der Waals surface area (Å²) in [4.78, 5) is 13.0. The molecule has 3 saturated heterocycles. The number of esters is 1. The van der Waals surface area contributed by atoms with Crippen LogP contribution < -0.4 is 4.74 Å². The molecule has 154 valence electrons. The second kappa shape index (κ2) is 6.48. The molecular weight excluding hydrogens is 376 g/mol. The van der Waals surface area contributed by atoms with Crippen LogP contribution in [0.1, 0.15) is 27.7 Å². The first kappa shape index (κ1) is 19.0. The Hall–Kier alpha value is -2.03. The number of carbonyl (C=O) groups is 1. The van der Waals surface area contributed by atoms with Gasteiger partial charge in [0, 0.05) is 0 Å². The lowest BCUT2D eigenvalue weighted by molar-refractivity contribution is -0.236. The minimum absolute atomic E-state index is 0.443. The molecule has 3 aliphatic heterocycles. The summed E-state index contributed by atoms with van der Waals surface area (Å²) in [6, 6.07) is 13.4. The first-order valence-electron chi connectivity index (χ1n) is 9.78. The highest BCUT2D eigenvalue weighted by molar-refractivity contribution is 5.85. The average molecular weight is 400 g/mol. The van der Waals surface area contributed by atoms with Crippen LogP contribution in [-0.2, 0) is 28.5 Å². The fourth-order valence-electron chi connectivity index (χ4n) is 4.21. The van der Waals surface area contributed by atoms with E-state index in [1.54, 1.807) is 33.8 Å². The van der Waals surface area contributed by atoms with E-state index in [9.17, 15) is 4.79 Å². The molecule has 5 atom stereocenters. The van der Waals surface area contributed by atoms with Gasteiger partial charge in [-0.15, -0.1) is 0 Å². The second-order valence-corrected chi connectivity index (χ2v) is 8.52. The molecule has 0 aliphatic carbocycles. The van der Waals surface area contributed by atoms with E-state index in [1.807, 2.05) is 36.4 Å². The summed E-state index contributed by atoms with van der Waals surface area (Å²) in [7, 11) is 0. The zero-order valence-corrected chi connectivity index (χ0v) is 16.8. The predicted molar refractivity (Wildman–Crippen MR) is 102 cm³/mol. The van der Waals surface area contributed by atoms with Crippen LogP contribution in [0.2, 0.25) is 0 Å². The van der Waals surface area contributed by atoms with Gasteiger partial charge in [0.1, 0.15) is 24.1 Å². The summed E-state index contributed by atoms with van der Waals surface area (Å²) in [5.41, 5.74) is 0. The van der Waals surface area contributed by atoms with Crippen molar-refractivity contribution >= 4 is 16.7 Å². The topological polar surface area (TPSA) is 72.5 Å². The van der Waals surface area contributed by atoms with Gasteiger partial charge < -0.3 is 28.4 Å². The molecule has 3 heterocycles. The summed E-state index contributed by atoms with van der Waals surface area (Å²) >= 11 is 0. The van der Waals surface area contributed by atoms with Crippen molar-refractivity contribution in [3.63, 3.8) is 0 Å². The summed E-state index contributed by atoms with van der Waals surface area (Å²) in [6.07, 6.45) is -3.37. The molecule has 0 N–H and O–H groups in total. The van der Waals surface area contributed by atoms with Crippen molar-refractivity contribution in [1.82, 2.24) is 0 Å². The normalized spacial score (nSPS) is 34.6. The van der Waals surface area contributed by atoms with Gasteiger partial charge in [0.2, 0.25) is 0 Å². The highest BCUT2D eigenvalue weighted by Gasteiger charge is 2.62. The highest BCUT2D eigenvalue weighted by Crippen LogP contribution is 2.44. The molecule has 7 heteroatoms. The number of carbonyl (C=O) groups excluding carboxylic acids is 1. The molecule has 2 aromatic rings. The molecular formula is C22H24O7. The third kappa shape index (κ3) is 3.43. The van der Waals surface area contributed by atoms with E-state index in [0.717, 1.165) is 10.8 Å². The lowest BCUT2D eigenvalue weighted by Crippen LogP contribution is -2.58. The second-order valence-electron chi connectivity index (χ2n) is 8.52. The van der Waals surface area contributed by atoms with Crippen molar-refractivity contribution in [2.75, 3.05) is 0 Å². The Morgan fingerprint density at radius 2 is 1.48 bits per heavy atom. The molecule has 0 bridgehead atoms. The average Bonchev–Trinajstić information content (AvgIpc) is 3.14. The van der Waals surface area contributed by atoms with Gasteiger partial charge in [-0.25, -0.2) is 4.79 Å². The van der Waals surface area contributed by atoms with Gasteiger partial charge in [-0.05, 0) is 50.6 Å². The number of hydrogen-bond donors (Lipinski definition) is 0. The summed E-state index contributed by atoms with van der Waals surface area (Å²) in [5.74, 6) is -1.82. The van der Waals surface area contributed by atoms with Crippen LogP contribution in [-0.4, -0.2) is 48.2 Å². The van der Waals surface area contributed by atoms with E-state index in [0.29, 0.717) is 5.75 Å². The fourth-order valence-corrected chi connectivity index (χ4v) is 4.21. The first-order chi connectivity index (χ1) is 13.7. The molecule has 7 nitrogen and oxygen atoms in total. The zero-order valence-electron chi connectivity index (χ0n) is 16.8. The maximum atomic E-state index is 13.0. The number of rotatable bonds is 2. The van der Waals surface area contributed by atoms with E-state index in [1.165, 1.54) is 0 Å². The lowest BCUT2D eigenvalue weighted by atomic mass is 9.99. The predicted octanol–water partition coefficient (Wildman–Crippen LogP) is 3.14. The monoisotopic (exact) mass is 400 g/mol. The van der Waals surface area contributed by atoms with Gasteiger partial charge in [-0.1, -0.05) is 30.3 Å². The van der Waals surface area contributed by atoms with Crippen molar-refractivity contribution in [2.45, 2.75) is 70.0 Å². The van der Waals surface area contributed by atoms with E-state index in [2.05, 4.69) is 0 Å².